The van der Waals surface area contributed by atoms with E-state index in [0.717, 1.165) is 26.4 Å². The molecule has 0 bridgehead atoms. The Balaban J connectivity index is 1.33. The number of nitrogens with zero attached hydrogens (tertiary/aromatic N) is 3. The SMILES string of the molecule is Cc1nn(Cc2ccccc2)c2sc(C(=O)OCC(=O)N(C)CC(=O)Nc3ccc(F)cc3)cc12. The van der Waals surface area contributed by atoms with Crippen LogP contribution >= 0.6 is 11.3 Å². The van der Waals surface area contributed by atoms with Crippen molar-refractivity contribution in [2.45, 2.75) is 13.5 Å². The molecule has 0 radical (unpaired) electrons. The fourth-order valence-electron chi connectivity index (χ4n) is 3.42. The second-order valence-corrected chi connectivity index (χ2v) is 8.97. The van der Waals surface area contributed by atoms with Crippen LogP contribution in [0.4, 0.5) is 10.1 Å². The molecule has 0 fully saturated rings. The second-order valence-electron chi connectivity index (χ2n) is 7.94. The highest BCUT2D eigenvalue weighted by molar-refractivity contribution is 7.20. The molecule has 2 amide bonds. The summed E-state index contributed by atoms with van der Waals surface area (Å²) in [5.41, 5.74) is 2.30. The summed E-state index contributed by atoms with van der Waals surface area (Å²) in [6.07, 6.45) is 0. The zero-order valence-electron chi connectivity index (χ0n) is 19.2. The third kappa shape index (κ3) is 5.90. The molecule has 0 saturated carbocycles. The van der Waals surface area contributed by atoms with Gasteiger partial charge in [-0.25, -0.2) is 9.18 Å². The molecule has 2 heterocycles. The maximum atomic E-state index is 13.0. The number of carbonyl (C=O) groups is 3. The van der Waals surface area contributed by atoms with Gasteiger partial charge < -0.3 is 15.0 Å². The van der Waals surface area contributed by atoms with Gasteiger partial charge in [-0.05, 0) is 42.8 Å². The lowest BCUT2D eigenvalue weighted by Gasteiger charge is -2.16. The standard InChI is InChI=1S/C25H23FN4O4S/c1-16-20-12-21(35-24(20)30(28-16)13-17-6-4-3-5-7-17)25(33)34-15-23(32)29(2)14-22(31)27-19-10-8-18(26)9-11-19/h3-12H,13-15H2,1-2H3,(H,27,31). The highest BCUT2D eigenvalue weighted by Crippen LogP contribution is 2.29. The number of hydrogen-bond donors (Lipinski definition) is 1. The Hall–Kier alpha value is -4.05. The van der Waals surface area contributed by atoms with Gasteiger partial charge in [-0.15, -0.1) is 11.3 Å². The van der Waals surface area contributed by atoms with Crippen molar-refractivity contribution >= 4 is 45.0 Å². The lowest BCUT2D eigenvalue weighted by atomic mass is 10.2. The van der Waals surface area contributed by atoms with Crippen molar-refractivity contribution in [3.05, 3.63) is 82.6 Å². The van der Waals surface area contributed by atoms with E-state index in [-0.39, 0.29) is 6.54 Å². The van der Waals surface area contributed by atoms with E-state index >= 15 is 0 Å². The number of hydrogen-bond acceptors (Lipinski definition) is 6. The number of aromatic nitrogens is 2. The minimum atomic E-state index is -0.616. The third-order valence-corrected chi connectivity index (χ3v) is 6.37. The van der Waals surface area contributed by atoms with Crippen molar-refractivity contribution < 1.29 is 23.5 Å². The van der Waals surface area contributed by atoms with Gasteiger partial charge in [0.05, 0.1) is 18.8 Å². The van der Waals surface area contributed by atoms with Crippen molar-refractivity contribution in [1.29, 1.82) is 0 Å². The molecular formula is C25H23FN4O4S. The van der Waals surface area contributed by atoms with Gasteiger partial charge in [-0.2, -0.15) is 5.10 Å². The number of likely N-dealkylation sites (N-methyl/N-ethyl adjacent to an activating group) is 1. The number of rotatable bonds is 8. The summed E-state index contributed by atoms with van der Waals surface area (Å²) in [7, 11) is 1.43. The molecule has 2 aromatic carbocycles. The molecule has 4 rings (SSSR count). The maximum Gasteiger partial charge on any atom is 0.348 e. The molecule has 0 unspecified atom stereocenters. The molecule has 0 aliphatic heterocycles. The number of benzene rings is 2. The molecule has 0 aliphatic rings. The lowest BCUT2D eigenvalue weighted by molar-refractivity contribution is -0.136. The van der Waals surface area contributed by atoms with Crippen molar-refractivity contribution in [1.82, 2.24) is 14.7 Å². The minimum absolute atomic E-state index is 0.245. The van der Waals surface area contributed by atoms with E-state index in [4.69, 9.17) is 4.74 Å². The summed E-state index contributed by atoms with van der Waals surface area (Å²) < 4.78 is 20.0. The predicted molar refractivity (Wildman–Crippen MR) is 131 cm³/mol. The predicted octanol–water partition coefficient (Wildman–Crippen LogP) is 3.85. The number of carbonyl (C=O) groups excluding carboxylic acids is 3. The third-order valence-electron chi connectivity index (χ3n) is 5.25. The van der Waals surface area contributed by atoms with Crippen LogP contribution in [0.2, 0.25) is 0 Å². The number of esters is 1. The quantitative estimate of drug-likeness (QED) is 0.376. The monoisotopic (exact) mass is 494 g/mol. The second kappa shape index (κ2) is 10.5. The van der Waals surface area contributed by atoms with Gasteiger partial charge in [0.25, 0.3) is 5.91 Å². The van der Waals surface area contributed by atoms with Crippen LogP contribution in [0.5, 0.6) is 0 Å². The van der Waals surface area contributed by atoms with Crippen LogP contribution < -0.4 is 5.32 Å². The van der Waals surface area contributed by atoms with Crippen LogP contribution in [0.15, 0.2) is 60.7 Å². The molecule has 1 N–H and O–H groups in total. The normalized spacial score (nSPS) is 10.8. The molecule has 0 aliphatic carbocycles. The van der Waals surface area contributed by atoms with E-state index in [1.165, 1.54) is 42.6 Å². The number of nitrogens with one attached hydrogen (secondary N) is 1. The number of aryl methyl sites for hydroxylation is 1. The summed E-state index contributed by atoms with van der Waals surface area (Å²) in [6, 6.07) is 16.9. The van der Waals surface area contributed by atoms with E-state index in [2.05, 4.69) is 10.4 Å². The van der Waals surface area contributed by atoms with Crippen molar-refractivity contribution in [2.24, 2.45) is 0 Å². The smallest absolute Gasteiger partial charge is 0.348 e. The number of fused-ring (bicyclic) bond motifs is 1. The van der Waals surface area contributed by atoms with Gasteiger partial charge in [0, 0.05) is 18.1 Å². The summed E-state index contributed by atoms with van der Waals surface area (Å²) in [5.74, 6) is -2.02. The lowest BCUT2D eigenvalue weighted by Crippen LogP contribution is -2.37. The topological polar surface area (TPSA) is 93.5 Å². The molecule has 0 saturated heterocycles. The zero-order chi connectivity index (χ0) is 24.9. The molecule has 0 spiro atoms. The fourth-order valence-corrected chi connectivity index (χ4v) is 4.48. The van der Waals surface area contributed by atoms with Crippen LogP contribution in [0.1, 0.15) is 20.9 Å². The highest BCUT2D eigenvalue weighted by atomic mass is 32.1. The van der Waals surface area contributed by atoms with Gasteiger partial charge in [-0.3, -0.25) is 14.3 Å². The van der Waals surface area contributed by atoms with Crippen LogP contribution in [0.3, 0.4) is 0 Å². The van der Waals surface area contributed by atoms with E-state index in [1.54, 1.807) is 6.07 Å². The first-order valence-electron chi connectivity index (χ1n) is 10.8. The number of amides is 2. The first-order chi connectivity index (χ1) is 16.8. The van der Waals surface area contributed by atoms with Crippen molar-refractivity contribution in [3.8, 4) is 0 Å². The number of ether oxygens (including phenoxy) is 1. The largest absolute Gasteiger partial charge is 0.451 e. The Morgan fingerprint density at radius 3 is 2.54 bits per heavy atom. The average molecular weight is 495 g/mol. The number of thiophene rings is 1. The Bertz CT molecular complexity index is 1370. The van der Waals surface area contributed by atoms with Crippen LogP contribution in [-0.4, -0.2) is 52.7 Å². The van der Waals surface area contributed by atoms with Crippen LogP contribution in [0.25, 0.3) is 10.2 Å². The Morgan fingerprint density at radius 2 is 1.83 bits per heavy atom. The van der Waals surface area contributed by atoms with Crippen LogP contribution in [0, 0.1) is 12.7 Å². The van der Waals surface area contributed by atoms with Crippen molar-refractivity contribution in [3.63, 3.8) is 0 Å². The van der Waals surface area contributed by atoms with Gasteiger partial charge in [0.1, 0.15) is 15.5 Å². The number of anilines is 1. The van der Waals surface area contributed by atoms with Gasteiger partial charge in [0.15, 0.2) is 6.61 Å². The highest BCUT2D eigenvalue weighted by Gasteiger charge is 2.20. The zero-order valence-corrected chi connectivity index (χ0v) is 20.0. The Morgan fingerprint density at radius 1 is 1.11 bits per heavy atom. The van der Waals surface area contributed by atoms with Crippen molar-refractivity contribution in [2.75, 3.05) is 25.5 Å². The first-order valence-corrected chi connectivity index (χ1v) is 11.6. The van der Waals surface area contributed by atoms with Crippen LogP contribution in [-0.2, 0) is 20.9 Å². The van der Waals surface area contributed by atoms with Gasteiger partial charge in [-0.1, -0.05) is 30.3 Å². The number of halogens is 1. The Labute approximate surface area is 204 Å². The molecular weight excluding hydrogens is 471 g/mol. The molecule has 180 valence electrons. The average Bonchev–Trinajstić information content (AvgIpc) is 3.40. The van der Waals surface area contributed by atoms with Gasteiger partial charge in [0.2, 0.25) is 5.91 Å². The van der Waals surface area contributed by atoms with Gasteiger partial charge >= 0.3 is 5.97 Å². The Kier molecular flexibility index (Phi) is 7.21. The molecule has 8 nitrogen and oxygen atoms in total. The van der Waals surface area contributed by atoms with E-state index in [0.29, 0.717) is 17.1 Å². The van der Waals surface area contributed by atoms with E-state index in [1.807, 2.05) is 41.9 Å². The fraction of sp³-hybridized carbons (Fsp3) is 0.200. The molecule has 10 heteroatoms. The maximum absolute atomic E-state index is 13.0. The molecule has 35 heavy (non-hydrogen) atoms. The summed E-state index contributed by atoms with van der Waals surface area (Å²) in [6.45, 7) is 1.71. The molecule has 2 aromatic heterocycles. The summed E-state index contributed by atoms with van der Waals surface area (Å²) in [4.78, 5) is 39.4. The summed E-state index contributed by atoms with van der Waals surface area (Å²) in [5, 5.41) is 7.99. The van der Waals surface area contributed by atoms with E-state index in [9.17, 15) is 18.8 Å². The molecule has 0 atom stereocenters. The molecule has 4 aromatic rings. The summed E-state index contributed by atoms with van der Waals surface area (Å²) >= 11 is 1.26. The van der Waals surface area contributed by atoms with E-state index < -0.39 is 30.2 Å². The first kappa shape index (κ1) is 24.1. The minimum Gasteiger partial charge on any atom is -0.451 e.